The molecule has 2 atom stereocenters. The molecule has 0 amide bonds. The Morgan fingerprint density at radius 2 is 0.733 bits per heavy atom. The normalized spacial score (nSPS) is 17.2. The van der Waals surface area contributed by atoms with Crippen LogP contribution in [-0.4, -0.2) is 0 Å². The quantitative estimate of drug-likeness (QED) is 0.125. The summed E-state index contributed by atoms with van der Waals surface area (Å²) in [5, 5.41) is 9.62. The molecule has 0 saturated heterocycles. The highest BCUT2D eigenvalue weighted by molar-refractivity contribution is 6.03. The van der Waals surface area contributed by atoms with E-state index in [1.165, 1.54) is 203 Å². The molecule has 101 heavy (non-hydrogen) atoms. The van der Waals surface area contributed by atoms with Crippen molar-refractivity contribution in [3.63, 3.8) is 0 Å². The van der Waals surface area contributed by atoms with Crippen molar-refractivity contribution in [1.29, 1.82) is 0 Å². The van der Waals surface area contributed by atoms with Gasteiger partial charge in [-0.25, -0.2) is 19.4 Å². The first-order chi connectivity index (χ1) is 48.6. The Morgan fingerprint density at radius 1 is 0.356 bits per heavy atom. The second kappa shape index (κ2) is 25.5. The van der Waals surface area contributed by atoms with Crippen molar-refractivity contribution in [2.45, 2.75) is 163 Å². The standard InChI is InChI=1S/C25H25N2.C24H23N2.2C22H21N2/c1-15-11-23-17-5-7-18(8-6-17)24(23)14-22(15)25-21-10-9-20(26-3)13-19(21)12-16(2)27(25)4;1-14-9-22-16-5-6-17(11-16)23(22)13-21(14)24-20-8-7-19(25-3)12-18(20)10-15(2)26(24)4;1-13-8-7-9-17-19(13)21-20-15(10-14(2)24(21)6)11-16(23-5)12-18(20)22(17,3)4;1-14-10-16-6-5-7-17(16)13-21(14)22-20-9-8-19(23-3)12-18(20)11-15(2)24(22)4/h9-14,17-18H,5-8H2,1-2,4H3;7-10,12-13,16-17H,5-6,11H2,1-2,4H3;7-12H,1-4,6H3;8-13H,5-7H2,1-2,4H3/q4*+1. The van der Waals surface area contributed by atoms with Gasteiger partial charge < -0.3 is 0 Å². The van der Waals surface area contributed by atoms with Crippen molar-refractivity contribution < 1.29 is 18.3 Å². The van der Waals surface area contributed by atoms with Crippen molar-refractivity contribution in [1.82, 2.24) is 0 Å². The average Bonchev–Trinajstić information content (AvgIpc) is 0.786. The molecule has 0 radical (unpaired) electrons. The number of hydrogen-bond donors (Lipinski definition) is 0. The van der Waals surface area contributed by atoms with E-state index in [1.807, 2.05) is 42.5 Å². The third kappa shape index (κ3) is 11.1. The topological polar surface area (TPSA) is 33.0 Å². The van der Waals surface area contributed by atoms with E-state index < -0.39 is 0 Å². The molecule has 0 N–H and O–H groups in total. The number of benzene rings is 8. The Hall–Kier alpha value is -10.6. The van der Waals surface area contributed by atoms with Crippen LogP contribution in [-0.2, 0) is 46.4 Å². The van der Waals surface area contributed by atoms with Crippen LogP contribution in [0.2, 0.25) is 0 Å². The second-order valence-corrected chi connectivity index (χ2v) is 30.8. The van der Waals surface area contributed by atoms with Crippen LogP contribution in [0.25, 0.3) is 107 Å². The fourth-order valence-corrected chi connectivity index (χ4v) is 18.8. The molecule has 4 heterocycles. The molecule has 7 aliphatic rings. The molecule has 4 bridgehead atoms. The van der Waals surface area contributed by atoms with Crippen molar-refractivity contribution in [2.24, 2.45) is 28.2 Å². The smallest absolute Gasteiger partial charge is 0.221 e. The summed E-state index contributed by atoms with van der Waals surface area (Å²) < 4.78 is 9.20. The largest absolute Gasteiger partial charge is 0.238 e. The van der Waals surface area contributed by atoms with Gasteiger partial charge in [-0.3, -0.25) is 0 Å². The minimum Gasteiger partial charge on any atom is -0.238 e. The van der Waals surface area contributed by atoms with Crippen LogP contribution in [0, 0.1) is 81.7 Å². The highest BCUT2D eigenvalue weighted by Crippen LogP contribution is 2.55. The van der Waals surface area contributed by atoms with Crippen molar-refractivity contribution in [2.75, 3.05) is 0 Å². The fourth-order valence-electron chi connectivity index (χ4n) is 18.8. The van der Waals surface area contributed by atoms with E-state index in [0.717, 1.165) is 45.5 Å². The summed E-state index contributed by atoms with van der Waals surface area (Å²) in [5.41, 5.74) is 35.5. The van der Waals surface area contributed by atoms with E-state index in [0.29, 0.717) is 17.1 Å². The summed E-state index contributed by atoms with van der Waals surface area (Å²) in [7, 11) is 8.61. The van der Waals surface area contributed by atoms with Crippen molar-refractivity contribution in [3.8, 4) is 45.0 Å². The van der Waals surface area contributed by atoms with E-state index in [4.69, 9.17) is 26.3 Å². The monoisotopic (exact) mass is 1320 g/mol. The fraction of sp³-hybridized carbons (Fsp3) is 0.312. The lowest BCUT2D eigenvalue weighted by molar-refractivity contribution is -0.665. The van der Waals surface area contributed by atoms with Crippen molar-refractivity contribution in [3.05, 3.63) is 281 Å². The lowest BCUT2D eigenvalue weighted by Crippen LogP contribution is -2.38. The summed E-state index contributed by atoms with van der Waals surface area (Å²) in [6, 6.07) is 52.4. The summed E-state index contributed by atoms with van der Waals surface area (Å²) in [6.07, 6.45) is 13.2. The zero-order chi connectivity index (χ0) is 70.8. The highest BCUT2D eigenvalue weighted by atomic mass is 15.0. The van der Waals surface area contributed by atoms with Gasteiger partial charge in [-0.2, -0.15) is 18.3 Å². The maximum Gasteiger partial charge on any atom is 0.221 e. The molecule has 12 aromatic rings. The van der Waals surface area contributed by atoms with E-state index in [-0.39, 0.29) is 5.41 Å². The van der Waals surface area contributed by atoms with Gasteiger partial charge >= 0.3 is 0 Å². The summed E-state index contributed by atoms with van der Waals surface area (Å²) in [6.45, 7) is 51.5. The minimum atomic E-state index is -0.116. The lowest BCUT2D eigenvalue weighted by atomic mass is 9.66. The van der Waals surface area contributed by atoms with Crippen LogP contribution < -0.4 is 18.3 Å². The lowest BCUT2D eigenvalue weighted by Gasteiger charge is -2.38. The van der Waals surface area contributed by atoms with Gasteiger partial charge in [-0.05, 0) is 246 Å². The maximum atomic E-state index is 7.49. The molecule has 0 aliphatic heterocycles. The van der Waals surface area contributed by atoms with Gasteiger partial charge in [0.1, 0.15) is 28.2 Å². The first-order valence-corrected chi connectivity index (χ1v) is 36.4. The summed E-state index contributed by atoms with van der Waals surface area (Å²) in [5.74, 6) is 3.10. The molecule has 19 rings (SSSR count). The van der Waals surface area contributed by atoms with Gasteiger partial charge in [-0.15, -0.1) is 0 Å². The van der Waals surface area contributed by atoms with E-state index in [2.05, 4.69) is 238 Å². The third-order valence-corrected chi connectivity index (χ3v) is 24.5. The molecule has 498 valence electrons. The first-order valence-electron chi connectivity index (χ1n) is 36.4. The van der Waals surface area contributed by atoms with Crippen molar-refractivity contribution >= 4 is 65.8 Å². The Kier molecular flexibility index (Phi) is 16.7. The number of aromatic nitrogens is 4. The number of fused-ring (bicyclic) bond motifs is 13. The van der Waals surface area contributed by atoms with Crippen LogP contribution >= 0.6 is 0 Å². The summed E-state index contributed by atoms with van der Waals surface area (Å²) in [4.78, 5) is 14.5. The Morgan fingerprint density at radius 3 is 1.20 bits per heavy atom. The number of pyridine rings is 4. The van der Waals surface area contributed by atoms with E-state index in [9.17, 15) is 0 Å². The zero-order valence-corrected chi connectivity index (χ0v) is 61.3. The number of aryl methyl sites for hydroxylation is 10. The molecule has 7 aliphatic carbocycles. The number of nitrogens with zero attached hydrogens (tertiary/aromatic N) is 8. The van der Waals surface area contributed by atoms with Gasteiger partial charge in [0.15, 0.2) is 45.5 Å². The highest BCUT2D eigenvalue weighted by Gasteiger charge is 2.41. The second-order valence-electron chi connectivity index (χ2n) is 30.8. The molecule has 8 heteroatoms. The minimum absolute atomic E-state index is 0.116. The molecule has 4 aromatic heterocycles. The third-order valence-electron chi connectivity index (χ3n) is 24.5. The summed E-state index contributed by atoms with van der Waals surface area (Å²) >= 11 is 0. The molecule has 8 nitrogen and oxygen atoms in total. The van der Waals surface area contributed by atoms with Gasteiger partial charge in [0, 0.05) is 62.9 Å². The van der Waals surface area contributed by atoms with Gasteiger partial charge in [0.05, 0.1) is 64.5 Å². The van der Waals surface area contributed by atoms with Crippen LogP contribution in [0.4, 0.5) is 22.7 Å². The molecular formula is C93H90N8+4. The van der Waals surface area contributed by atoms with Gasteiger partial charge in [0.25, 0.3) is 0 Å². The SMILES string of the molecule is [C-]#[N+]c1cc2c3c([n+](C)c(C)cc3c1)-c1c(C)cccc1C2(C)C.[C-]#[N+]c1ccc2c(-c3cc4c(cc3C)C3CCC4C3)[n+](C)c(C)cc2c1.[C-]#[N+]c1ccc2c(-c3cc4c(cc3C)C3CCC4CC3)[n+](C)c(C)cc2c1.[C-]#[N+]c1ccc2c(-c3cc4c(cc3C)CCC4)[n+](C)c(C)cc2c1. The zero-order valence-electron chi connectivity index (χ0n) is 61.3. The first kappa shape index (κ1) is 66.3. The molecule has 0 spiro atoms. The van der Waals surface area contributed by atoms with Crippen LogP contribution in [0.3, 0.4) is 0 Å². The Balaban J connectivity index is 0.000000109. The predicted octanol–water partition coefficient (Wildman–Crippen LogP) is 22.2. The molecule has 2 unspecified atom stereocenters. The van der Waals surface area contributed by atoms with Gasteiger partial charge in [-0.1, -0.05) is 92.7 Å². The van der Waals surface area contributed by atoms with Crippen LogP contribution in [0.1, 0.15) is 178 Å². The maximum absolute atomic E-state index is 7.49. The number of rotatable bonds is 3. The van der Waals surface area contributed by atoms with Crippen LogP contribution in [0.15, 0.2) is 146 Å². The Labute approximate surface area is 597 Å². The van der Waals surface area contributed by atoms with Gasteiger partial charge in [0.2, 0.25) is 22.8 Å². The van der Waals surface area contributed by atoms with Crippen LogP contribution in [0.5, 0.6) is 0 Å². The molecule has 2 fully saturated rings. The Bertz CT molecular complexity index is 5740. The predicted molar refractivity (Wildman–Crippen MR) is 413 cm³/mol. The molecule has 8 aromatic carbocycles. The molecular weight excluding hydrogens is 1230 g/mol. The average molecular weight is 1320 g/mol. The molecule has 2 saturated carbocycles. The van der Waals surface area contributed by atoms with E-state index >= 15 is 0 Å². The van der Waals surface area contributed by atoms with E-state index in [1.54, 1.807) is 22.3 Å². The number of hydrogen-bond acceptors (Lipinski definition) is 0.